The van der Waals surface area contributed by atoms with Gasteiger partial charge in [0.1, 0.15) is 0 Å². The molecule has 2 aliphatic carbocycles. The van der Waals surface area contributed by atoms with Gasteiger partial charge in [0.15, 0.2) is 0 Å². The van der Waals surface area contributed by atoms with Crippen LogP contribution in [-0.4, -0.2) is 60.8 Å². The van der Waals surface area contributed by atoms with Crippen molar-refractivity contribution >= 4 is 12.4 Å². The number of aliphatic hydroxyl groups is 1. The fourth-order valence-electron chi connectivity index (χ4n) is 5.09. The van der Waals surface area contributed by atoms with Gasteiger partial charge < -0.3 is 10.0 Å². The number of fused-ring (bicyclic) bond motifs is 2. The minimum atomic E-state index is 0. The molecule has 0 radical (unpaired) electrons. The molecule has 1 heterocycles. The Kier molecular flexibility index (Phi) is 6.79. The van der Waals surface area contributed by atoms with Gasteiger partial charge in [-0.3, -0.25) is 4.90 Å². The summed E-state index contributed by atoms with van der Waals surface area (Å²) in [6, 6.07) is 2.55. The zero-order valence-corrected chi connectivity index (χ0v) is 16.3. The van der Waals surface area contributed by atoms with E-state index in [0.717, 1.165) is 19.6 Å². The molecule has 4 heteroatoms. The highest BCUT2D eigenvalue weighted by Gasteiger charge is 2.23. The van der Waals surface area contributed by atoms with Gasteiger partial charge >= 0.3 is 0 Å². The van der Waals surface area contributed by atoms with Crippen molar-refractivity contribution in [3.63, 3.8) is 0 Å². The second-order valence-corrected chi connectivity index (χ2v) is 7.85. The molecule has 3 aliphatic rings. The molecule has 0 unspecified atom stereocenters. The third-order valence-corrected chi connectivity index (χ3v) is 6.38. The molecule has 0 atom stereocenters. The van der Waals surface area contributed by atoms with E-state index in [-0.39, 0.29) is 12.4 Å². The van der Waals surface area contributed by atoms with E-state index >= 15 is 0 Å². The quantitative estimate of drug-likeness (QED) is 0.840. The topological polar surface area (TPSA) is 26.7 Å². The van der Waals surface area contributed by atoms with Crippen molar-refractivity contribution < 1.29 is 5.11 Å². The molecule has 1 N–H and O–H groups in total. The van der Waals surface area contributed by atoms with Crippen LogP contribution in [0.4, 0.5) is 0 Å². The van der Waals surface area contributed by atoms with Gasteiger partial charge in [-0.05, 0) is 85.7 Å². The number of hydrogen-bond acceptors (Lipinski definition) is 3. The predicted octanol–water partition coefficient (Wildman–Crippen LogP) is 2.63. The van der Waals surface area contributed by atoms with E-state index in [1.165, 1.54) is 71.0 Å². The van der Waals surface area contributed by atoms with Gasteiger partial charge in [-0.1, -0.05) is 6.07 Å². The second kappa shape index (κ2) is 8.85. The van der Waals surface area contributed by atoms with Gasteiger partial charge in [-0.25, -0.2) is 0 Å². The molecule has 1 aromatic carbocycles. The molecule has 0 bridgehead atoms. The number of piperazine rings is 1. The molecule has 0 amide bonds. The summed E-state index contributed by atoms with van der Waals surface area (Å²) in [4.78, 5) is 5.00. The number of aliphatic hydroxyl groups excluding tert-OH is 1. The van der Waals surface area contributed by atoms with E-state index < -0.39 is 0 Å². The summed E-state index contributed by atoms with van der Waals surface area (Å²) in [5.41, 5.74) is 8.61. The van der Waals surface area contributed by atoms with Crippen LogP contribution in [0.3, 0.4) is 0 Å². The first-order valence-electron chi connectivity index (χ1n) is 10.1. The molecule has 1 fully saturated rings. The third kappa shape index (κ3) is 4.21. The monoisotopic (exact) mass is 364 g/mol. The van der Waals surface area contributed by atoms with Crippen molar-refractivity contribution in [3.8, 4) is 0 Å². The Labute approximate surface area is 158 Å². The standard InChI is InChI=1S/C21H32N2O.ClH/c24-15-14-23-12-10-22(11-13-23)9-3-8-21-19-6-1-4-17(19)16-18-5-2-7-20(18)21;/h16,24H,1-15H2;1H. The second-order valence-electron chi connectivity index (χ2n) is 7.85. The van der Waals surface area contributed by atoms with Crippen LogP contribution < -0.4 is 0 Å². The number of aryl methyl sites for hydroxylation is 2. The van der Waals surface area contributed by atoms with Crippen LogP contribution in [0.2, 0.25) is 0 Å². The van der Waals surface area contributed by atoms with Crippen LogP contribution in [0.25, 0.3) is 0 Å². The van der Waals surface area contributed by atoms with Crippen LogP contribution in [0.1, 0.15) is 47.1 Å². The molecule has 140 valence electrons. The Morgan fingerprint density at radius 3 is 1.92 bits per heavy atom. The van der Waals surface area contributed by atoms with Gasteiger partial charge in [0, 0.05) is 32.7 Å². The fraction of sp³-hybridized carbons (Fsp3) is 0.714. The van der Waals surface area contributed by atoms with Crippen molar-refractivity contribution in [3.05, 3.63) is 33.9 Å². The molecule has 25 heavy (non-hydrogen) atoms. The van der Waals surface area contributed by atoms with Gasteiger partial charge in [0.05, 0.1) is 6.61 Å². The van der Waals surface area contributed by atoms with Crippen molar-refractivity contribution in [2.24, 2.45) is 0 Å². The highest BCUT2D eigenvalue weighted by atomic mass is 35.5. The number of benzene rings is 1. The molecule has 1 saturated heterocycles. The summed E-state index contributed by atoms with van der Waals surface area (Å²) < 4.78 is 0. The summed E-state index contributed by atoms with van der Waals surface area (Å²) in [5.74, 6) is 0. The van der Waals surface area contributed by atoms with Gasteiger partial charge in [0.2, 0.25) is 0 Å². The minimum Gasteiger partial charge on any atom is -0.395 e. The third-order valence-electron chi connectivity index (χ3n) is 6.38. The minimum absolute atomic E-state index is 0. The van der Waals surface area contributed by atoms with Crippen molar-refractivity contribution in [1.82, 2.24) is 9.80 Å². The summed E-state index contributed by atoms with van der Waals surface area (Å²) in [7, 11) is 0. The largest absolute Gasteiger partial charge is 0.395 e. The molecular formula is C21H33ClN2O. The van der Waals surface area contributed by atoms with E-state index in [1.54, 1.807) is 27.8 Å². The maximum absolute atomic E-state index is 9.05. The summed E-state index contributed by atoms with van der Waals surface area (Å²) in [6.07, 6.45) is 10.7. The predicted molar refractivity (Wildman–Crippen MR) is 106 cm³/mol. The lowest BCUT2D eigenvalue weighted by Crippen LogP contribution is -2.47. The zero-order valence-electron chi connectivity index (χ0n) is 15.4. The Morgan fingerprint density at radius 1 is 0.800 bits per heavy atom. The van der Waals surface area contributed by atoms with E-state index in [9.17, 15) is 0 Å². The first-order chi connectivity index (χ1) is 11.8. The van der Waals surface area contributed by atoms with Gasteiger partial charge in [0.25, 0.3) is 0 Å². The van der Waals surface area contributed by atoms with Crippen LogP contribution >= 0.6 is 12.4 Å². The van der Waals surface area contributed by atoms with E-state index in [0.29, 0.717) is 6.61 Å². The Balaban J connectivity index is 0.00000182. The SMILES string of the molecule is Cl.OCCN1CCN(CCCc2c3c(cc4c2CCC4)CCC3)CC1. The molecule has 1 aromatic rings. The van der Waals surface area contributed by atoms with Gasteiger partial charge in [-0.2, -0.15) is 0 Å². The summed E-state index contributed by atoms with van der Waals surface area (Å²) in [6.45, 7) is 6.97. The molecule has 4 rings (SSSR count). The van der Waals surface area contributed by atoms with Gasteiger partial charge in [-0.15, -0.1) is 12.4 Å². The molecule has 1 aliphatic heterocycles. The average molecular weight is 365 g/mol. The first kappa shape index (κ1) is 19.2. The van der Waals surface area contributed by atoms with Crippen molar-refractivity contribution in [2.45, 2.75) is 51.4 Å². The lowest BCUT2D eigenvalue weighted by Gasteiger charge is -2.34. The number of β-amino-alcohol motifs (C(OH)–C–C–N with tert-alkyl or cyclic N) is 1. The summed E-state index contributed by atoms with van der Waals surface area (Å²) in [5, 5.41) is 9.05. The average Bonchev–Trinajstić information content (AvgIpc) is 3.25. The van der Waals surface area contributed by atoms with Crippen LogP contribution in [-0.2, 0) is 32.1 Å². The molecule has 3 nitrogen and oxygen atoms in total. The highest BCUT2D eigenvalue weighted by Crippen LogP contribution is 2.35. The number of rotatable bonds is 6. The molecule has 0 aromatic heterocycles. The number of halogens is 1. The van der Waals surface area contributed by atoms with E-state index in [2.05, 4.69) is 15.9 Å². The number of nitrogens with zero attached hydrogens (tertiary/aromatic N) is 2. The summed E-state index contributed by atoms with van der Waals surface area (Å²) >= 11 is 0. The fourth-order valence-corrected chi connectivity index (χ4v) is 5.09. The lowest BCUT2D eigenvalue weighted by molar-refractivity contribution is 0.112. The maximum Gasteiger partial charge on any atom is 0.0558 e. The molecular weight excluding hydrogens is 332 g/mol. The van der Waals surface area contributed by atoms with Crippen molar-refractivity contribution in [1.29, 1.82) is 0 Å². The smallest absolute Gasteiger partial charge is 0.0558 e. The Hall–Kier alpha value is -0.610. The normalized spacial score (nSPS) is 20.4. The number of hydrogen-bond donors (Lipinski definition) is 1. The molecule has 0 spiro atoms. The lowest BCUT2D eigenvalue weighted by atomic mass is 9.91. The van der Waals surface area contributed by atoms with E-state index in [1.807, 2.05) is 0 Å². The maximum atomic E-state index is 9.05. The first-order valence-corrected chi connectivity index (χ1v) is 10.1. The Bertz CT molecular complexity index is 549. The van der Waals surface area contributed by atoms with Crippen LogP contribution in [0.15, 0.2) is 6.07 Å². The van der Waals surface area contributed by atoms with E-state index in [4.69, 9.17) is 5.11 Å². The van der Waals surface area contributed by atoms with Crippen LogP contribution in [0, 0.1) is 0 Å². The Morgan fingerprint density at radius 2 is 1.36 bits per heavy atom. The van der Waals surface area contributed by atoms with Crippen molar-refractivity contribution in [2.75, 3.05) is 45.9 Å². The molecule has 0 saturated carbocycles. The highest BCUT2D eigenvalue weighted by molar-refractivity contribution is 5.85. The van der Waals surface area contributed by atoms with Crippen LogP contribution in [0.5, 0.6) is 0 Å². The zero-order chi connectivity index (χ0) is 16.4.